The lowest BCUT2D eigenvalue weighted by molar-refractivity contribution is -0.123. The standard InChI is InChI=1S/C7H19NO2Si/c1-3-9-7(10-4-2)5-11-6-8/h7H,3-6,8,11H2,1-2H3. The number of hydrogen-bond acceptors (Lipinski definition) is 3. The predicted octanol–water partition coefficient (Wildman–Crippen LogP) is -0.111. The summed E-state index contributed by atoms with van der Waals surface area (Å²) in [6.45, 7) is 5.42. The third-order valence-electron chi connectivity index (χ3n) is 1.35. The summed E-state index contributed by atoms with van der Waals surface area (Å²) >= 11 is 0. The van der Waals surface area contributed by atoms with Gasteiger partial charge in [0.25, 0.3) is 0 Å². The van der Waals surface area contributed by atoms with Gasteiger partial charge in [-0.1, -0.05) is 0 Å². The fourth-order valence-corrected chi connectivity index (χ4v) is 1.77. The molecule has 3 nitrogen and oxygen atoms in total. The molecule has 0 atom stereocenters. The Kier molecular flexibility index (Phi) is 8.27. The van der Waals surface area contributed by atoms with Gasteiger partial charge in [0.05, 0.1) is 0 Å². The molecule has 0 amide bonds. The monoisotopic (exact) mass is 177 g/mol. The van der Waals surface area contributed by atoms with E-state index in [-0.39, 0.29) is 15.8 Å². The van der Waals surface area contributed by atoms with Crippen molar-refractivity contribution in [3.05, 3.63) is 0 Å². The topological polar surface area (TPSA) is 44.5 Å². The van der Waals surface area contributed by atoms with Crippen LogP contribution in [0.2, 0.25) is 6.04 Å². The summed E-state index contributed by atoms with van der Waals surface area (Å²) in [5.41, 5.74) is 5.42. The van der Waals surface area contributed by atoms with E-state index in [0.29, 0.717) is 0 Å². The lowest BCUT2D eigenvalue weighted by Gasteiger charge is -2.15. The molecule has 4 heteroatoms. The minimum absolute atomic E-state index is 0.0141. The van der Waals surface area contributed by atoms with Crippen molar-refractivity contribution in [3.63, 3.8) is 0 Å². The summed E-state index contributed by atoms with van der Waals surface area (Å²) in [4.78, 5) is 0. The van der Waals surface area contributed by atoms with Crippen LogP contribution in [0.25, 0.3) is 0 Å². The third-order valence-corrected chi connectivity index (χ3v) is 2.64. The smallest absolute Gasteiger partial charge is 0.154 e. The predicted molar refractivity (Wildman–Crippen MR) is 49.4 cm³/mol. The molecular formula is C7H19NO2Si. The highest BCUT2D eigenvalue weighted by atomic mass is 28.2. The molecule has 0 fully saturated rings. The van der Waals surface area contributed by atoms with E-state index in [1.54, 1.807) is 0 Å². The van der Waals surface area contributed by atoms with Crippen molar-refractivity contribution >= 4 is 9.52 Å². The van der Waals surface area contributed by atoms with Crippen molar-refractivity contribution < 1.29 is 9.47 Å². The van der Waals surface area contributed by atoms with E-state index in [2.05, 4.69) is 0 Å². The molecule has 0 saturated carbocycles. The van der Waals surface area contributed by atoms with Crippen LogP contribution in [0, 0.1) is 0 Å². The molecule has 0 aromatic rings. The molecule has 0 aliphatic rings. The quantitative estimate of drug-likeness (QED) is 0.436. The normalized spacial score (nSPS) is 12.0. The molecule has 0 aliphatic heterocycles. The van der Waals surface area contributed by atoms with Crippen molar-refractivity contribution in [3.8, 4) is 0 Å². The van der Waals surface area contributed by atoms with E-state index in [9.17, 15) is 0 Å². The van der Waals surface area contributed by atoms with Gasteiger partial charge < -0.3 is 15.2 Å². The van der Waals surface area contributed by atoms with Gasteiger partial charge in [0.2, 0.25) is 0 Å². The van der Waals surface area contributed by atoms with Gasteiger partial charge in [0.15, 0.2) is 6.29 Å². The highest BCUT2D eigenvalue weighted by Crippen LogP contribution is 1.99. The van der Waals surface area contributed by atoms with E-state index in [1.165, 1.54) is 0 Å². The Labute approximate surface area is 71.1 Å². The molecule has 0 spiro atoms. The molecular weight excluding hydrogens is 158 g/mol. The van der Waals surface area contributed by atoms with Crippen molar-refractivity contribution in [2.75, 3.05) is 19.4 Å². The van der Waals surface area contributed by atoms with Crippen LogP contribution in [0.3, 0.4) is 0 Å². The van der Waals surface area contributed by atoms with Crippen LogP contribution in [-0.4, -0.2) is 35.2 Å². The first-order valence-electron chi connectivity index (χ1n) is 4.28. The SMILES string of the molecule is CCOC(C[SiH2]CN)OCC. The first-order valence-corrected chi connectivity index (χ1v) is 6.28. The second-order valence-corrected chi connectivity index (χ2v) is 4.13. The lowest BCUT2D eigenvalue weighted by Crippen LogP contribution is -2.22. The fraction of sp³-hybridized carbons (Fsp3) is 1.00. The number of hydrogen-bond donors (Lipinski definition) is 1. The van der Waals surface area contributed by atoms with Crippen molar-refractivity contribution in [1.29, 1.82) is 0 Å². The molecule has 0 unspecified atom stereocenters. The Morgan fingerprint density at radius 2 is 1.82 bits per heavy atom. The molecule has 0 bridgehead atoms. The largest absolute Gasteiger partial charge is 0.353 e. The van der Waals surface area contributed by atoms with Crippen LogP contribution in [0.5, 0.6) is 0 Å². The number of ether oxygens (including phenoxy) is 2. The van der Waals surface area contributed by atoms with Crippen LogP contribution in [-0.2, 0) is 9.47 Å². The molecule has 0 heterocycles. The van der Waals surface area contributed by atoms with Crippen molar-refractivity contribution in [1.82, 2.24) is 0 Å². The maximum Gasteiger partial charge on any atom is 0.154 e. The van der Waals surface area contributed by atoms with E-state index in [1.807, 2.05) is 13.8 Å². The van der Waals surface area contributed by atoms with Gasteiger partial charge >= 0.3 is 0 Å². The van der Waals surface area contributed by atoms with Gasteiger partial charge in [0, 0.05) is 22.7 Å². The minimum Gasteiger partial charge on any atom is -0.353 e. The summed E-state index contributed by atoms with van der Waals surface area (Å²) in [5, 5.41) is 0. The molecule has 0 aromatic carbocycles. The average Bonchev–Trinajstić information content (AvgIpc) is 2.01. The van der Waals surface area contributed by atoms with Gasteiger partial charge in [-0.05, 0) is 26.1 Å². The van der Waals surface area contributed by atoms with Gasteiger partial charge in [-0.3, -0.25) is 0 Å². The van der Waals surface area contributed by atoms with E-state index in [0.717, 1.165) is 25.4 Å². The fourth-order valence-electron chi connectivity index (χ4n) is 0.871. The molecule has 0 radical (unpaired) electrons. The maximum atomic E-state index is 5.42. The second-order valence-electron chi connectivity index (χ2n) is 2.27. The zero-order chi connectivity index (χ0) is 8.53. The summed E-state index contributed by atoms with van der Waals surface area (Å²) in [6, 6.07) is 1.04. The summed E-state index contributed by atoms with van der Waals surface area (Å²) in [7, 11) is -0.139. The summed E-state index contributed by atoms with van der Waals surface area (Å²) in [5.74, 6) is 0. The Morgan fingerprint density at radius 1 is 1.27 bits per heavy atom. The molecule has 0 aliphatic carbocycles. The van der Waals surface area contributed by atoms with Crippen molar-refractivity contribution in [2.45, 2.75) is 26.2 Å². The van der Waals surface area contributed by atoms with Crippen LogP contribution in [0.4, 0.5) is 0 Å². The van der Waals surface area contributed by atoms with E-state index < -0.39 is 0 Å². The van der Waals surface area contributed by atoms with E-state index >= 15 is 0 Å². The Morgan fingerprint density at radius 3 is 2.18 bits per heavy atom. The van der Waals surface area contributed by atoms with Crippen LogP contribution >= 0.6 is 0 Å². The molecule has 0 saturated heterocycles. The van der Waals surface area contributed by atoms with Gasteiger partial charge in [-0.25, -0.2) is 0 Å². The molecule has 0 aromatic heterocycles. The Hall–Kier alpha value is 0.0969. The molecule has 0 rings (SSSR count). The highest BCUT2D eigenvalue weighted by Gasteiger charge is 2.05. The highest BCUT2D eigenvalue weighted by molar-refractivity contribution is 6.35. The third kappa shape index (κ3) is 6.49. The number of nitrogens with two attached hydrogens (primary N) is 1. The van der Waals surface area contributed by atoms with Gasteiger partial charge in [0.1, 0.15) is 0 Å². The average molecular weight is 177 g/mol. The van der Waals surface area contributed by atoms with E-state index in [4.69, 9.17) is 15.2 Å². The zero-order valence-electron chi connectivity index (χ0n) is 7.51. The Bertz CT molecular complexity index is 76.8. The van der Waals surface area contributed by atoms with Gasteiger partial charge in [-0.15, -0.1) is 0 Å². The lowest BCUT2D eigenvalue weighted by atomic mass is 10.7. The van der Waals surface area contributed by atoms with Gasteiger partial charge in [-0.2, -0.15) is 0 Å². The van der Waals surface area contributed by atoms with Crippen LogP contribution < -0.4 is 5.73 Å². The first kappa shape index (κ1) is 11.1. The Balaban J connectivity index is 3.34. The van der Waals surface area contributed by atoms with Crippen LogP contribution in [0.1, 0.15) is 13.8 Å². The maximum absolute atomic E-state index is 5.42. The van der Waals surface area contributed by atoms with Crippen molar-refractivity contribution in [2.24, 2.45) is 5.73 Å². The second kappa shape index (κ2) is 8.20. The number of rotatable bonds is 7. The molecule has 68 valence electrons. The van der Waals surface area contributed by atoms with Crippen LogP contribution in [0.15, 0.2) is 0 Å². The summed E-state index contributed by atoms with van der Waals surface area (Å²) < 4.78 is 10.7. The summed E-state index contributed by atoms with van der Waals surface area (Å²) in [6.07, 6.45) is 0.858. The molecule has 11 heavy (non-hydrogen) atoms. The minimum atomic E-state index is -0.139. The first-order chi connectivity index (χ1) is 5.35. The molecule has 2 N–H and O–H groups in total. The zero-order valence-corrected chi connectivity index (χ0v) is 8.92.